The van der Waals surface area contributed by atoms with Gasteiger partial charge in [-0.15, -0.1) is 0 Å². The van der Waals surface area contributed by atoms with Gasteiger partial charge in [-0.2, -0.15) is 0 Å². The molecule has 0 aliphatic rings. The third kappa shape index (κ3) is 2.22. The van der Waals surface area contributed by atoms with Crippen molar-refractivity contribution in [1.29, 1.82) is 0 Å². The van der Waals surface area contributed by atoms with E-state index in [2.05, 4.69) is 20.9 Å². The van der Waals surface area contributed by atoms with Crippen LogP contribution in [0.25, 0.3) is 0 Å². The van der Waals surface area contributed by atoms with E-state index in [0.29, 0.717) is 10.3 Å². The molecule has 1 rings (SSSR count). The molecule has 0 fully saturated rings. The highest BCUT2D eigenvalue weighted by atomic mass is 79.9. The van der Waals surface area contributed by atoms with E-state index in [4.69, 9.17) is 0 Å². The Morgan fingerprint density at radius 2 is 2.09 bits per heavy atom. The lowest BCUT2D eigenvalue weighted by Crippen LogP contribution is -1.89. The van der Waals surface area contributed by atoms with E-state index in [9.17, 15) is 8.78 Å². The SMILES string of the molecule is Cc1cc(C(F)F)cc(Br)n1. The van der Waals surface area contributed by atoms with Gasteiger partial charge in [-0.1, -0.05) is 0 Å². The van der Waals surface area contributed by atoms with Gasteiger partial charge in [0, 0.05) is 11.3 Å². The summed E-state index contributed by atoms with van der Waals surface area (Å²) >= 11 is 3.04. The molecule has 0 saturated carbocycles. The second-order valence-electron chi connectivity index (χ2n) is 2.17. The molecule has 1 aromatic rings. The Balaban J connectivity index is 3.08. The number of halogens is 3. The van der Waals surface area contributed by atoms with Crippen molar-refractivity contribution in [2.24, 2.45) is 0 Å². The zero-order chi connectivity index (χ0) is 8.43. The Morgan fingerprint density at radius 1 is 1.45 bits per heavy atom. The fourth-order valence-electron chi connectivity index (χ4n) is 0.779. The molecule has 0 unspecified atom stereocenters. The standard InChI is InChI=1S/C7H6BrF2N/c1-4-2-5(7(9)10)3-6(8)11-4/h2-3,7H,1H3. The van der Waals surface area contributed by atoms with Gasteiger partial charge in [0.05, 0.1) is 0 Å². The number of hydrogen-bond donors (Lipinski definition) is 0. The van der Waals surface area contributed by atoms with Crippen LogP contribution in [0.3, 0.4) is 0 Å². The molecule has 1 nitrogen and oxygen atoms in total. The summed E-state index contributed by atoms with van der Waals surface area (Å²) in [5.41, 5.74) is 0.596. The third-order valence-electron chi connectivity index (χ3n) is 1.20. The lowest BCUT2D eigenvalue weighted by molar-refractivity contribution is 0.151. The normalized spacial score (nSPS) is 10.6. The van der Waals surface area contributed by atoms with Gasteiger partial charge in [0.2, 0.25) is 0 Å². The van der Waals surface area contributed by atoms with Gasteiger partial charge in [0.15, 0.2) is 0 Å². The van der Waals surface area contributed by atoms with Crippen LogP contribution >= 0.6 is 15.9 Å². The fourth-order valence-corrected chi connectivity index (χ4v) is 1.32. The molecule has 0 bridgehead atoms. The average Bonchev–Trinajstić information content (AvgIpc) is 1.85. The highest BCUT2D eigenvalue weighted by Crippen LogP contribution is 2.21. The van der Waals surface area contributed by atoms with E-state index in [1.807, 2.05) is 0 Å². The second-order valence-corrected chi connectivity index (χ2v) is 2.98. The van der Waals surface area contributed by atoms with Crippen molar-refractivity contribution in [3.8, 4) is 0 Å². The molecule has 4 heteroatoms. The molecule has 1 aromatic heterocycles. The predicted molar refractivity (Wildman–Crippen MR) is 41.6 cm³/mol. The number of alkyl halides is 2. The summed E-state index contributed by atoms with van der Waals surface area (Å²) in [6.45, 7) is 1.68. The summed E-state index contributed by atoms with van der Waals surface area (Å²) in [6.07, 6.45) is -2.42. The number of aryl methyl sites for hydroxylation is 1. The van der Waals surface area contributed by atoms with Crippen LogP contribution < -0.4 is 0 Å². The van der Waals surface area contributed by atoms with E-state index in [1.165, 1.54) is 12.1 Å². The Morgan fingerprint density at radius 3 is 2.55 bits per heavy atom. The summed E-state index contributed by atoms with van der Waals surface area (Å²) in [6, 6.07) is 2.69. The molecule has 0 aromatic carbocycles. The molecular weight excluding hydrogens is 216 g/mol. The third-order valence-corrected chi connectivity index (χ3v) is 1.60. The maximum Gasteiger partial charge on any atom is 0.264 e. The van der Waals surface area contributed by atoms with E-state index in [-0.39, 0.29) is 5.56 Å². The minimum atomic E-state index is -2.42. The first-order valence-corrected chi connectivity index (χ1v) is 3.81. The first-order valence-electron chi connectivity index (χ1n) is 3.02. The number of nitrogens with zero attached hydrogens (tertiary/aromatic N) is 1. The summed E-state index contributed by atoms with van der Waals surface area (Å²) in [7, 11) is 0. The Hall–Kier alpha value is -0.510. The number of hydrogen-bond acceptors (Lipinski definition) is 1. The van der Waals surface area contributed by atoms with Gasteiger partial charge in [-0.25, -0.2) is 13.8 Å². The molecule has 0 amide bonds. The molecule has 0 radical (unpaired) electrons. The number of rotatable bonds is 1. The van der Waals surface area contributed by atoms with Gasteiger partial charge in [-0.05, 0) is 35.0 Å². The maximum absolute atomic E-state index is 12.1. The van der Waals surface area contributed by atoms with Gasteiger partial charge in [0.25, 0.3) is 6.43 Å². The molecule has 0 atom stereocenters. The van der Waals surface area contributed by atoms with Crippen molar-refractivity contribution in [2.45, 2.75) is 13.3 Å². The predicted octanol–water partition coefficient (Wildman–Crippen LogP) is 3.09. The quantitative estimate of drug-likeness (QED) is 0.665. The first kappa shape index (κ1) is 8.59. The van der Waals surface area contributed by atoms with Crippen molar-refractivity contribution in [3.63, 3.8) is 0 Å². The topological polar surface area (TPSA) is 12.9 Å². The minimum Gasteiger partial charge on any atom is -0.246 e. The van der Waals surface area contributed by atoms with Crippen LogP contribution in [-0.2, 0) is 0 Å². The van der Waals surface area contributed by atoms with Crippen molar-refractivity contribution in [1.82, 2.24) is 4.98 Å². The largest absolute Gasteiger partial charge is 0.264 e. The first-order chi connectivity index (χ1) is 5.09. The lowest BCUT2D eigenvalue weighted by atomic mass is 10.2. The second kappa shape index (κ2) is 3.26. The van der Waals surface area contributed by atoms with E-state index in [0.717, 1.165) is 0 Å². The summed E-state index contributed by atoms with van der Waals surface area (Å²) in [5, 5.41) is 0. The molecule has 0 aliphatic carbocycles. The Kier molecular flexibility index (Phi) is 2.54. The average molecular weight is 222 g/mol. The van der Waals surface area contributed by atoms with E-state index >= 15 is 0 Å². The van der Waals surface area contributed by atoms with Crippen LogP contribution in [-0.4, -0.2) is 4.98 Å². The highest BCUT2D eigenvalue weighted by molar-refractivity contribution is 9.10. The molecule has 0 spiro atoms. The zero-order valence-electron chi connectivity index (χ0n) is 5.81. The minimum absolute atomic E-state index is 0.00405. The van der Waals surface area contributed by atoms with Gasteiger partial charge < -0.3 is 0 Å². The summed E-state index contributed by atoms with van der Waals surface area (Å²) in [4.78, 5) is 3.90. The molecule has 11 heavy (non-hydrogen) atoms. The summed E-state index contributed by atoms with van der Waals surface area (Å²) < 4.78 is 24.6. The van der Waals surface area contributed by atoms with Crippen LogP contribution in [0.4, 0.5) is 8.78 Å². The summed E-state index contributed by atoms with van der Waals surface area (Å²) in [5.74, 6) is 0. The van der Waals surface area contributed by atoms with E-state index in [1.54, 1.807) is 6.92 Å². The van der Waals surface area contributed by atoms with Crippen LogP contribution in [0.2, 0.25) is 0 Å². The Bertz CT molecular complexity index is 242. The van der Waals surface area contributed by atoms with Gasteiger partial charge in [0.1, 0.15) is 4.60 Å². The molecular formula is C7H6BrF2N. The van der Waals surface area contributed by atoms with Crippen molar-refractivity contribution in [3.05, 3.63) is 28.0 Å². The monoisotopic (exact) mass is 221 g/mol. The van der Waals surface area contributed by atoms with Crippen molar-refractivity contribution < 1.29 is 8.78 Å². The molecule has 0 saturated heterocycles. The van der Waals surface area contributed by atoms with Crippen LogP contribution in [0.15, 0.2) is 16.7 Å². The van der Waals surface area contributed by atoms with Crippen LogP contribution in [0.5, 0.6) is 0 Å². The fraction of sp³-hybridized carbons (Fsp3) is 0.286. The number of pyridine rings is 1. The molecule has 1 heterocycles. The van der Waals surface area contributed by atoms with Crippen molar-refractivity contribution >= 4 is 15.9 Å². The smallest absolute Gasteiger partial charge is 0.246 e. The molecule has 60 valence electrons. The molecule has 0 N–H and O–H groups in total. The molecule has 0 aliphatic heterocycles. The zero-order valence-corrected chi connectivity index (χ0v) is 7.40. The number of aromatic nitrogens is 1. The van der Waals surface area contributed by atoms with Gasteiger partial charge in [-0.3, -0.25) is 0 Å². The van der Waals surface area contributed by atoms with Gasteiger partial charge >= 0.3 is 0 Å². The van der Waals surface area contributed by atoms with Crippen molar-refractivity contribution in [2.75, 3.05) is 0 Å². The lowest BCUT2D eigenvalue weighted by Gasteiger charge is -2.00. The Labute approximate surface area is 71.6 Å². The van der Waals surface area contributed by atoms with E-state index < -0.39 is 6.43 Å². The van der Waals surface area contributed by atoms with Crippen LogP contribution in [0.1, 0.15) is 17.7 Å². The maximum atomic E-state index is 12.1. The highest BCUT2D eigenvalue weighted by Gasteiger charge is 2.07. The van der Waals surface area contributed by atoms with Crippen LogP contribution in [0, 0.1) is 6.92 Å².